The number of halogens is 2. The molecule has 0 unspecified atom stereocenters. The molecule has 0 aliphatic rings. The molecular formula is C15H9BrFN3. The first kappa shape index (κ1) is 14.0. The molecule has 5 heteroatoms. The third kappa shape index (κ3) is 2.96. The van der Waals surface area contributed by atoms with Gasteiger partial charge in [-0.2, -0.15) is 10.5 Å². The Morgan fingerprint density at radius 1 is 1.10 bits per heavy atom. The highest BCUT2D eigenvalue weighted by molar-refractivity contribution is 9.10. The van der Waals surface area contributed by atoms with Gasteiger partial charge in [-0.3, -0.25) is 0 Å². The number of nitriles is 2. The van der Waals surface area contributed by atoms with Crippen molar-refractivity contribution in [3.05, 3.63) is 63.4 Å². The molecule has 0 fully saturated rings. The fourth-order valence-electron chi connectivity index (χ4n) is 1.76. The van der Waals surface area contributed by atoms with Crippen LogP contribution in [0.1, 0.15) is 16.7 Å². The fourth-order valence-corrected chi connectivity index (χ4v) is 2.12. The van der Waals surface area contributed by atoms with Crippen molar-refractivity contribution in [3.8, 4) is 12.1 Å². The van der Waals surface area contributed by atoms with Gasteiger partial charge in [-0.05, 0) is 24.3 Å². The van der Waals surface area contributed by atoms with Gasteiger partial charge in [0, 0.05) is 16.6 Å². The van der Waals surface area contributed by atoms with Crippen molar-refractivity contribution in [1.82, 2.24) is 0 Å². The minimum Gasteiger partial charge on any atom is -0.380 e. The van der Waals surface area contributed by atoms with Gasteiger partial charge in [0.25, 0.3) is 0 Å². The van der Waals surface area contributed by atoms with E-state index in [2.05, 4.69) is 27.3 Å². The van der Waals surface area contributed by atoms with Crippen LogP contribution in [0.2, 0.25) is 0 Å². The Hall–Kier alpha value is -2.37. The van der Waals surface area contributed by atoms with Gasteiger partial charge in [0.2, 0.25) is 0 Å². The zero-order chi connectivity index (χ0) is 14.5. The van der Waals surface area contributed by atoms with Gasteiger partial charge in [0.1, 0.15) is 18.0 Å². The number of nitrogens with zero attached hydrogens (tertiary/aromatic N) is 2. The van der Waals surface area contributed by atoms with Crippen LogP contribution in [-0.4, -0.2) is 0 Å². The van der Waals surface area contributed by atoms with E-state index in [4.69, 9.17) is 10.5 Å². The fraction of sp³-hybridized carbons (Fsp3) is 0.0667. The average molecular weight is 330 g/mol. The van der Waals surface area contributed by atoms with Crippen molar-refractivity contribution >= 4 is 21.6 Å². The van der Waals surface area contributed by atoms with Crippen LogP contribution in [-0.2, 0) is 6.54 Å². The molecule has 0 aromatic heterocycles. The van der Waals surface area contributed by atoms with Crippen LogP contribution < -0.4 is 5.32 Å². The molecule has 98 valence electrons. The van der Waals surface area contributed by atoms with Gasteiger partial charge in [-0.15, -0.1) is 0 Å². The van der Waals surface area contributed by atoms with Crippen LogP contribution in [0.15, 0.2) is 40.9 Å². The van der Waals surface area contributed by atoms with Crippen molar-refractivity contribution in [2.24, 2.45) is 0 Å². The summed E-state index contributed by atoms with van der Waals surface area (Å²) in [6, 6.07) is 13.8. The third-order valence-electron chi connectivity index (χ3n) is 2.77. The SMILES string of the molecule is N#Cc1cc(Br)ccc1NCc1cccc(C#N)c1F. The molecule has 3 nitrogen and oxygen atoms in total. The minimum atomic E-state index is -0.530. The Balaban J connectivity index is 2.22. The van der Waals surface area contributed by atoms with Crippen molar-refractivity contribution in [2.75, 3.05) is 5.32 Å². The third-order valence-corrected chi connectivity index (χ3v) is 3.26. The number of benzene rings is 2. The maximum absolute atomic E-state index is 13.9. The molecule has 0 saturated carbocycles. The van der Waals surface area contributed by atoms with Crippen LogP contribution in [0.25, 0.3) is 0 Å². The van der Waals surface area contributed by atoms with E-state index < -0.39 is 5.82 Å². The largest absolute Gasteiger partial charge is 0.380 e. The van der Waals surface area contributed by atoms with Gasteiger partial charge in [0.15, 0.2) is 0 Å². The van der Waals surface area contributed by atoms with Crippen LogP contribution in [0, 0.1) is 28.5 Å². The topological polar surface area (TPSA) is 59.6 Å². The molecule has 2 rings (SSSR count). The van der Waals surface area contributed by atoms with Gasteiger partial charge >= 0.3 is 0 Å². The van der Waals surface area contributed by atoms with E-state index in [1.54, 1.807) is 36.4 Å². The summed E-state index contributed by atoms with van der Waals surface area (Å²) in [6.07, 6.45) is 0. The summed E-state index contributed by atoms with van der Waals surface area (Å²) >= 11 is 3.29. The summed E-state index contributed by atoms with van der Waals surface area (Å²) < 4.78 is 14.7. The lowest BCUT2D eigenvalue weighted by Gasteiger charge is -2.09. The minimum absolute atomic E-state index is 0.0145. The van der Waals surface area contributed by atoms with E-state index in [9.17, 15) is 4.39 Å². The lowest BCUT2D eigenvalue weighted by molar-refractivity contribution is 0.609. The number of nitrogens with one attached hydrogen (secondary N) is 1. The van der Waals surface area contributed by atoms with E-state index in [1.807, 2.05) is 0 Å². The number of anilines is 1. The molecule has 0 heterocycles. The molecule has 1 N–H and O–H groups in total. The smallest absolute Gasteiger partial charge is 0.145 e. The van der Waals surface area contributed by atoms with Crippen LogP contribution in [0.3, 0.4) is 0 Å². The second-order valence-electron chi connectivity index (χ2n) is 4.05. The molecule has 0 bridgehead atoms. The standard InChI is InChI=1S/C15H9BrFN3/c16-13-4-5-14(12(6-13)8-19)20-9-11-3-1-2-10(7-18)15(11)17/h1-6,20H,9H2. The van der Waals surface area contributed by atoms with Crippen molar-refractivity contribution < 1.29 is 4.39 Å². The molecule has 20 heavy (non-hydrogen) atoms. The van der Waals surface area contributed by atoms with Crippen LogP contribution >= 0.6 is 15.9 Å². The molecule has 2 aromatic rings. The first-order chi connectivity index (χ1) is 9.65. The van der Waals surface area contributed by atoms with Crippen molar-refractivity contribution in [2.45, 2.75) is 6.54 Å². The first-order valence-corrected chi connectivity index (χ1v) is 6.56. The quantitative estimate of drug-likeness (QED) is 0.927. The second kappa shape index (κ2) is 6.18. The predicted molar refractivity (Wildman–Crippen MR) is 77.3 cm³/mol. The van der Waals surface area contributed by atoms with Gasteiger partial charge in [-0.25, -0.2) is 4.39 Å². The molecule has 0 atom stereocenters. The molecule has 0 spiro atoms. The monoisotopic (exact) mass is 329 g/mol. The Kier molecular flexibility index (Phi) is 4.34. The Morgan fingerprint density at radius 3 is 2.55 bits per heavy atom. The Morgan fingerprint density at radius 2 is 1.85 bits per heavy atom. The molecular weight excluding hydrogens is 321 g/mol. The van der Waals surface area contributed by atoms with Gasteiger partial charge in [-0.1, -0.05) is 28.1 Å². The van der Waals surface area contributed by atoms with E-state index in [0.717, 1.165) is 4.47 Å². The lowest BCUT2D eigenvalue weighted by Crippen LogP contribution is -2.04. The summed E-state index contributed by atoms with van der Waals surface area (Å²) in [6.45, 7) is 0.206. The van der Waals surface area contributed by atoms with E-state index in [0.29, 0.717) is 16.8 Å². The predicted octanol–water partition coefficient (Wildman–Crippen LogP) is 3.94. The summed E-state index contributed by atoms with van der Waals surface area (Å²) in [5.41, 5.74) is 1.49. The Labute approximate surface area is 124 Å². The second-order valence-corrected chi connectivity index (χ2v) is 4.96. The maximum atomic E-state index is 13.9. The first-order valence-electron chi connectivity index (χ1n) is 5.76. The zero-order valence-corrected chi connectivity index (χ0v) is 11.9. The van der Waals surface area contributed by atoms with Crippen molar-refractivity contribution in [3.63, 3.8) is 0 Å². The normalized spacial score (nSPS) is 9.60. The maximum Gasteiger partial charge on any atom is 0.145 e. The summed E-state index contributed by atoms with van der Waals surface area (Å²) in [5.74, 6) is -0.530. The molecule has 0 amide bonds. The van der Waals surface area contributed by atoms with Crippen LogP contribution in [0.4, 0.5) is 10.1 Å². The molecule has 2 aromatic carbocycles. The highest BCUT2D eigenvalue weighted by Crippen LogP contribution is 2.21. The lowest BCUT2D eigenvalue weighted by atomic mass is 10.1. The summed E-state index contributed by atoms with van der Waals surface area (Å²) in [4.78, 5) is 0. The zero-order valence-electron chi connectivity index (χ0n) is 10.3. The molecule has 0 saturated heterocycles. The van der Waals surface area contributed by atoms with E-state index >= 15 is 0 Å². The van der Waals surface area contributed by atoms with Crippen LogP contribution in [0.5, 0.6) is 0 Å². The highest BCUT2D eigenvalue weighted by Gasteiger charge is 2.08. The molecule has 0 radical (unpaired) electrons. The number of hydrogen-bond acceptors (Lipinski definition) is 3. The molecule has 0 aliphatic carbocycles. The number of rotatable bonds is 3. The molecule has 0 aliphatic heterocycles. The summed E-state index contributed by atoms with van der Waals surface area (Å²) in [5, 5.41) is 20.8. The van der Waals surface area contributed by atoms with E-state index in [-0.39, 0.29) is 12.1 Å². The van der Waals surface area contributed by atoms with Crippen molar-refractivity contribution in [1.29, 1.82) is 10.5 Å². The average Bonchev–Trinajstić information content (AvgIpc) is 2.47. The number of hydrogen-bond donors (Lipinski definition) is 1. The van der Waals surface area contributed by atoms with Gasteiger partial charge < -0.3 is 5.32 Å². The highest BCUT2D eigenvalue weighted by atomic mass is 79.9. The summed E-state index contributed by atoms with van der Waals surface area (Å²) in [7, 11) is 0. The van der Waals surface area contributed by atoms with Gasteiger partial charge in [0.05, 0.1) is 16.8 Å². The Bertz CT molecular complexity index is 729. The van der Waals surface area contributed by atoms with E-state index in [1.165, 1.54) is 6.07 Å².